The number of nitrogens with one attached hydrogen (secondary N) is 1. The molecule has 28 heavy (non-hydrogen) atoms. The Morgan fingerprint density at radius 1 is 1.18 bits per heavy atom. The van der Waals surface area contributed by atoms with Crippen LogP contribution in [0, 0.1) is 12.7 Å². The van der Waals surface area contributed by atoms with E-state index in [0.29, 0.717) is 17.1 Å². The number of hydrogen-bond acceptors (Lipinski definition) is 6. The van der Waals surface area contributed by atoms with Crippen molar-refractivity contribution in [2.75, 3.05) is 34.8 Å². The molecule has 1 aliphatic rings. The molecule has 1 aromatic carbocycles. The first-order valence-electron chi connectivity index (χ1n) is 8.87. The molecule has 1 saturated heterocycles. The van der Waals surface area contributed by atoms with E-state index < -0.39 is 5.91 Å². The van der Waals surface area contributed by atoms with E-state index in [-0.39, 0.29) is 11.5 Å². The zero-order valence-corrected chi connectivity index (χ0v) is 16.1. The molecular weight excluding hydrogens is 379 g/mol. The first-order chi connectivity index (χ1) is 13.6. The van der Waals surface area contributed by atoms with Gasteiger partial charge < -0.3 is 10.2 Å². The van der Waals surface area contributed by atoms with Gasteiger partial charge in [-0.2, -0.15) is 11.8 Å². The predicted octanol–water partition coefficient (Wildman–Crippen LogP) is 2.92. The second-order valence-corrected chi connectivity index (χ2v) is 7.59. The van der Waals surface area contributed by atoms with Crippen LogP contribution in [0.4, 0.5) is 15.9 Å². The van der Waals surface area contributed by atoms with Gasteiger partial charge in [-0.3, -0.25) is 9.36 Å². The van der Waals surface area contributed by atoms with Crippen LogP contribution < -0.4 is 10.2 Å². The maximum Gasteiger partial charge on any atom is 0.275 e. The molecule has 0 atom stereocenters. The van der Waals surface area contributed by atoms with Crippen LogP contribution in [-0.4, -0.2) is 50.0 Å². The lowest BCUT2D eigenvalue weighted by Gasteiger charge is -2.27. The fourth-order valence-electron chi connectivity index (χ4n) is 2.94. The summed E-state index contributed by atoms with van der Waals surface area (Å²) in [6.45, 7) is 3.52. The van der Waals surface area contributed by atoms with Crippen molar-refractivity contribution in [1.82, 2.24) is 19.5 Å². The number of imidazole rings is 1. The van der Waals surface area contributed by atoms with Crippen molar-refractivity contribution in [3.8, 4) is 5.82 Å². The quantitative estimate of drug-likeness (QED) is 0.728. The molecule has 1 fully saturated rings. The van der Waals surface area contributed by atoms with E-state index in [2.05, 4.69) is 25.2 Å². The molecule has 0 radical (unpaired) electrons. The lowest BCUT2D eigenvalue weighted by atomic mass is 10.2. The Morgan fingerprint density at radius 3 is 2.79 bits per heavy atom. The monoisotopic (exact) mass is 398 g/mol. The lowest BCUT2D eigenvalue weighted by molar-refractivity contribution is 0.102. The van der Waals surface area contributed by atoms with Crippen LogP contribution in [0.3, 0.4) is 0 Å². The molecule has 3 aromatic rings. The molecule has 3 heterocycles. The minimum absolute atomic E-state index is 0.221. The molecule has 144 valence electrons. The summed E-state index contributed by atoms with van der Waals surface area (Å²) in [5.74, 6) is 2.88. The molecule has 1 N–H and O–H groups in total. The average Bonchev–Trinajstić information content (AvgIpc) is 3.23. The van der Waals surface area contributed by atoms with E-state index >= 15 is 0 Å². The highest BCUT2D eigenvalue weighted by molar-refractivity contribution is 7.99. The number of hydrogen-bond donors (Lipinski definition) is 1. The van der Waals surface area contributed by atoms with E-state index in [1.165, 1.54) is 18.7 Å². The highest BCUT2D eigenvalue weighted by Crippen LogP contribution is 2.20. The summed E-state index contributed by atoms with van der Waals surface area (Å²) in [7, 11) is 0. The number of thioether (sulfide) groups is 1. The van der Waals surface area contributed by atoms with Crippen molar-refractivity contribution in [2.45, 2.75) is 6.92 Å². The summed E-state index contributed by atoms with van der Waals surface area (Å²) in [6.07, 6.45) is 4.65. The minimum atomic E-state index is -0.408. The molecule has 2 aromatic heterocycles. The Balaban J connectivity index is 1.52. The van der Waals surface area contributed by atoms with E-state index in [9.17, 15) is 9.18 Å². The third kappa shape index (κ3) is 3.84. The Kier molecular flexibility index (Phi) is 5.25. The molecular formula is C19H19FN6OS. The maximum atomic E-state index is 13.7. The summed E-state index contributed by atoms with van der Waals surface area (Å²) in [5.41, 5.74) is 1.03. The molecule has 0 saturated carbocycles. The molecule has 0 aliphatic carbocycles. The number of rotatable bonds is 4. The fourth-order valence-corrected chi connectivity index (χ4v) is 3.84. The van der Waals surface area contributed by atoms with Gasteiger partial charge in [-0.15, -0.1) is 0 Å². The summed E-state index contributed by atoms with van der Waals surface area (Å²) in [6, 6.07) is 6.45. The largest absolute Gasteiger partial charge is 0.355 e. The van der Waals surface area contributed by atoms with Gasteiger partial charge in [-0.25, -0.2) is 19.3 Å². The molecule has 9 heteroatoms. The first kappa shape index (κ1) is 18.4. The summed E-state index contributed by atoms with van der Waals surface area (Å²) in [4.78, 5) is 27.5. The number of anilines is 2. The van der Waals surface area contributed by atoms with Gasteiger partial charge in [0.15, 0.2) is 0 Å². The van der Waals surface area contributed by atoms with Crippen molar-refractivity contribution in [3.05, 3.63) is 60.2 Å². The minimum Gasteiger partial charge on any atom is -0.355 e. The first-order valence-corrected chi connectivity index (χ1v) is 10.0. The van der Waals surface area contributed by atoms with Crippen LogP contribution >= 0.6 is 11.8 Å². The predicted molar refractivity (Wildman–Crippen MR) is 108 cm³/mol. The zero-order valence-electron chi connectivity index (χ0n) is 15.3. The highest BCUT2D eigenvalue weighted by Gasteiger charge is 2.16. The molecule has 1 aliphatic heterocycles. The van der Waals surface area contributed by atoms with Gasteiger partial charge in [0, 0.05) is 48.1 Å². The van der Waals surface area contributed by atoms with Gasteiger partial charge in [0.25, 0.3) is 5.91 Å². The summed E-state index contributed by atoms with van der Waals surface area (Å²) in [5, 5.41) is 2.70. The Bertz CT molecular complexity index is 1000. The number of carbonyl (C=O) groups excluding carboxylic acids is 1. The van der Waals surface area contributed by atoms with Gasteiger partial charge in [-0.05, 0) is 19.1 Å². The molecule has 7 nitrogen and oxygen atoms in total. The smallest absolute Gasteiger partial charge is 0.275 e. The van der Waals surface area contributed by atoms with Crippen molar-refractivity contribution < 1.29 is 9.18 Å². The van der Waals surface area contributed by atoms with Crippen molar-refractivity contribution in [3.63, 3.8) is 0 Å². The Hall–Kier alpha value is -2.94. The van der Waals surface area contributed by atoms with Crippen LogP contribution in [0.2, 0.25) is 0 Å². The highest BCUT2D eigenvalue weighted by atomic mass is 32.2. The van der Waals surface area contributed by atoms with E-state index in [1.807, 2.05) is 17.8 Å². The Morgan fingerprint density at radius 2 is 1.96 bits per heavy atom. The molecule has 0 bridgehead atoms. The van der Waals surface area contributed by atoms with Gasteiger partial charge in [-0.1, -0.05) is 6.07 Å². The number of halogens is 1. The number of aromatic nitrogens is 4. The van der Waals surface area contributed by atoms with Crippen molar-refractivity contribution in [1.29, 1.82) is 0 Å². The van der Waals surface area contributed by atoms with E-state index in [0.717, 1.165) is 30.4 Å². The molecule has 1 amide bonds. The summed E-state index contributed by atoms with van der Waals surface area (Å²) < 4.78 is 15.3. The van der Waals surface area contributed by atoms with Gasteiger partial charge in [0.2, 0.25) is 0 Å². The molecule has 0 unspecified atom stereocenters. The lowest BCUT2D eigenvalue weighted by Crippen LogP contribution is -2.33. The standard InChI is InChI=1S/C19H19FN6OS/c1-13-14(20)3-2-4-15(13)24-19(27)16-10-26(12-23-16)18-9-17(21-11-22-18)25-5-7-28-8-6-25/h2-4,9-12H,5-8H2,1H3,(H,24,27). The fraction of sp³-hybridized carbons (Fsp3) is 0.263. The van der Waals surface area contributed by atoms with Crippen LogP contribution in [0.5, 0.6) is 0 Å². The molecule has 4 rings (SSSR count). The SMILES string of the molecule is Cc1c(F)cccc1NC(=O)c1cn(-c2cc(N3CCSCC3)ncn2)cn1. The third-order valence-electron chi connectivity index (χ3n) is 4.57. The topological polar surface area (TPSA) is 75.9 Å². The number of nitrogens with zero attached hydrogens (tertiary/aromatic N) is 5. The Labute approximate surface area is 166 Å². The van der Waals surface area contributed by atoms with Gasteiger partial charge in [0.1, 0.15) is 35.8 Å². The second kappa shape index (κ2) is 7.97. The van der Waals surface area contributed by atoms with Gasteiger partial charge in [0.05, 0.1) is 0 Å². The van der Waals surface area contributed by atoms with Crippen LogP contribution in [-0.2, 0) is 0 Å². The normalized spacial score (nSPS) is 14.1. The number of amides is 1. The average molecular weight is 398 g/mol. The number of benzene rings is 1. The zero-order chi connectivity index (χ0) is 19.5. The van der Waals surface area contributed by atoms with E-state index in [4.69, 9.17) is 0 Å². The van der Waals surface area contributed by atoms with Crippen molar-refractivity contribution in [2.24, 2.45) is 0 Å². The number of carbonyl (C=O) groups is 1. The van der Waals surface area contributed by atoms with Gasteiger partial charge >= 0.3 is 0 Å². The third-order valence-corrected chi connectivity index (χ3v) is 5.51. The van der Waals surface area contributed by atoms with Crippen LogP contribution in [0.15, 0.2) is 43.1 Å². The molecule has 0 spiro atoms. The second-order valence-electron chi connectivity index (χ2n) is 6.37. The van der Waals surface area contributed by atoms with E-state index in [1.54, 1.807) is 29.8 Å². The van der Waals surface area contributed by atoms with Crippen LogP contribution in [0.1, 0.15) is 16.1 Å². The van der Waals surface area contributed by atoms with Crippen LogP contribution in [0.25, 0.3) is 5.82 Å². The maximum absolute atomic E-state index is 13.7. The summed E-state index contributed by atoms with van der Waals surface area (Å²) >= 11 is 1.93. The van der Waals surface area contributed by atoms with Crippen molar-refractivity contribution >= 4 is 29.2 Å².